The first-order valence-corrected chi connectivity index (χ1v) is 3.20. The van der Waals surface area contributed by atoms with Crippen molar-refractivity contribution in [3.8, 4) is 0 Å². The van der Waals surface area contributed by atoms with E-state index in [9.17, 15) is 4.79 Å². The number of hydrogen-bond donors (Lipinski definition) is 0. The molecule has 0 heterocycles. The smallest absolute Gasteiger partial charge is 0.349 e. The first-order valence-electron chi connectivity index (χ1n) is 3.20. The van der Waals surface area contributed by atoms with E-state index in [2.05, 4.69) is 9.73 Å². The number of carbonyl (C=O) groups excluding carboxylic acids is 1. The molecule has 0 saturated carbocycles. The van der Waals surface area contributed by atoms with Crippen LogP contribution in [0.4, 0.5) is 0 Å². The van der Waals surface area contributed by atoms with Crippen LogP contribution in [0.3, 0.4) is 0 Å². The van der Waals surface area contributed by atoms with Gasteiger partial charge in [0, 0.05) is 6.20 Å². The average molecular weight is 153 g/mol. The Labute approximate surface area is 66.1 Å². The Morgan fingerprint density at radius 2 is 2.18 bits per heavy atom. The van der Waals surface area contributed by atoms with Crippen LogP contribution >= 0.6 is 0 Å². The summed E-state index contributed by atoms with van der Waals surface area (Å²) in [7, 11) is 1.31. The highest BCUT2D eigenvalue weighted by Gasteiger charge is 1.87. The summed E-state index contributed by atoms with van der Waals surface area (Å²) in [5.74, 6) is -0.449. The standard InChI is InChI=1S/C8H11NO2/c1-3-4-5-6-9-7-8(10)11-2/h3-7H,1-2H3/b4-3+,6-5-,9-7?. The van der Waals surface area contributed by atoms with E-state index < -0.39 is 5.97 Å². The normalized spacial score (nSPS) is 11.8. The Morgan fingerprint density at radius 1 is 1.45 bits per heavy atom. The predicted octanol–water partition coefficient (Wildman–Crippen LogP) is 1.32. The molecule has 0 aromatic carbocycles. The summed E-state index contributed by atoms with van der Waals surface area (Å²) in [5, 5.41) is 0. The largest absolute Gasteiger partial charge is 0.465 e. The number of methoxy groups -OCH3 is 1. The average Bonchev–Trinajstić information content (AvgIpc) is 2.04. The molecule has 11 heavy (non-hydrogen) atoms. The minimum absolute atomic E-state index is 0.449. The minimum atomic E-state index is -0.449. The molecule has 0 bridgehead atoms. The SMILES string of the molecule is C/C=C/C=C\N=CC(=O)OC. The molecule has 60 valence electrons. The van der Waals surface area contributed by atoms with Crippen LogP contribution in [-0.2, 0) is 9.53 Å². The second kappa shape index (κ2) is 6.74. The van der Waals surface area contributed by atoms with Crippen LogP contribution in [0.5, 0.6) is 0 Å². The molecule has 0 aromatic heterocycles. The van der Waals surface area contributed by atoms with Gasteiger partial charge < -0.3 is 4.74 Å². The van der Waals surface area contributed by atoms with Gasteiger partial charge in [-0.2, -0.15) is 0 Å². The quantitative estimate of drug-likeness (QED) is 0.348. The molecule has 0 rings (SSSR count). The van der Waals surface area contributed by atoms with E-state index in [-0.39, 0.29) is 0 Å². The van der Waals surface area contributed by atoms with Crippen molar-refractivity contribution in [1.29, 1.82) is 0 Å². The van der Waals surface area contributed by atoms with Crippen molar-refractivity contribution in [1.82, 2.24) is 0 Å². The molecule has 0 saturated heterocycles. The summed E-state index contributed by atoms with van der Waals surface area (Å²) in [6.45, 7) is 1.90. The van der Waals surface area contributed by atoms with Crippen LogP contribution in [0.2, 0.25) is 0 Å². The minimum Gasteiger partial charge on any atom is -0.465 e. The van der Waals surface area contributed by atoms with E-state index in [4.69, 9.17) is 0 Å². The molecule has 0 aliphatic heterocycles. The first-order chi connectivity index (χ1) is 5.31. The Kier molecular flexibility index (Phi) is 5.89. The number of carbonyl (C=O) groups is 1. The summed E-state index contributed by atoms with van der Waals surface area (Å²) in [5.41, 5.74) is 0. The van der Waals surface area contributed by atoms with Gasteiger partial charge in [0.1, 0.15) is 6.21 Å². The van der Waals surface area contributed by atoms with Crippen molar-refractivity contribution in [2.75, 3.05) is 7.11 Å². The Balaban J connectivity index is 3.68. The lowest BCUT2D eigenvalue weighted by atomic mass is 10.5. The Hall–Kier alpha value is -1.38. The number of esters is 1. The summed E-state index contributed by atoms with van der Waals surface area (Å²) in [4.78, 5) is 14.1. The summed E-state index contributed by atoms with van der Waals surface area (Å²) >= 11 is 0. The van der Waals surface area contributed by atoms with Gasteiger partial charge in [-0.25, -0.2) is 4.79 Å². The Morgan fingerprint density at radius 3 is 2.73 bits per heavy atom. The number of ether oxygens (including phenoxy) is 1. The van der Waals surface area contributed by atoms with Gasteiger partial charge in [-0.3, -0.25) is 4.99 Å². The molecule has 3 nitrogen and oxygen atoms in total. The third-order valence-electron chi connectivity index (χ3n) is 0.857. The van der Waals surface area contributed by atoms with E-state index in [0.29, 0.717) is 0 Å². The molecule has 0 aromatic rings. The maximum absolute atomic E-state index is 10.4. The molecular formula is C8H11NO2. The van der Waals surface area contributed by atoms with Crippen LogP contribution in [0.15, 0.2) is 29.4 Å². The highest BCUT2D eigenvalue weighted by molar-refractivity contribution is 6.23. The molecule has 3 heteroatoms. The second-order valence-corrected chi connectivity index (χ2v) is 1.67. The van der Waals surface area contributed by atoms with E-state index in [1.54, 1.807) is 6.08 Å². The van der Waals surface area contributed by atoms with Gasteiger partial charge in [-0.05, 0) is 13.0 Å². The zero-order chi connectivity index (χ0) is 8.53. The van der Waals surface area contributed by atoms with Gasteiger partial charge in [0.05, 0.1) is 7.11 Å². The summed E-state index contributed by atoms with van der Waals surface area (Å²) < 4.78 is 4.32. The lowest BCUT2D eigenvalue weighted by molar-refractivity contribution is -0.132. The number of aliphatic imine (C=N–C) groups is 1. The van der Waals surface area contributed by atoms with Crippen molar-refractivity contribution in [3.63, 3.8) is 0 Å². The number of nitrogens with zero attached hydrogens (tertiary/aromatic N) is 1. The van der Waals surface area contributed by atoms with Crippen molar-refractivity contribution >= 4 is 12.2 Å². The van der Waals surface area contributed by atoms with Crippen molar-refractivity contribution < 1.29 is 9.53 Å². The maximum atomic E-state index is 10.4. The number of allylic oxidation sites excluding steroid dienone is 3. The van der Waals surface area contributed by atoms with E-state index in [1.807, 2.05) is 19.1 Å². The molecule has 0 amide bonds. The molecule has 0 unspecified atom stereocenters. The molecule has 0 fully saturated rings. The van der Waals surface area contributed by atoms with Crippen LogP contribution in [0, 0.1) is 0 Å². The third kappa shape index (κ3) is 6.51. The molecular weight excluding hydrogens is 142 g/mol. The maximum Gasteiger partial charge on any atom is 0.349 e. The highest BCUT2D eigenvalue weighted by Crippen LogP contribution is 1.77. The lowest BCUT2D eigenvalue weighted by Crippen LogP contribution is -1.99. The lowest BCUT2D eigenvalue weighted by Gasteiger charge is -1.84. The van der Waals surface area contributed by atoms with Gasteiger partial charge in [-0.1, -0.05) is 12.2 Å². The van der Waals surface area contributed by atoms with Crippen molar-refractivity contribution in [2.45, 2.75) is 6.92 Å². The van der Waals surface area contributed by atoms with Crippen LogP contribution in [0.1, 0.15) is 6.92 Å². The molecule has 0 N–H and O–H groups in total. The predicted molar refractivity (Wildman–Crippen MR) is 44.5 cm³/mol. The number of hydrogen-bond acceptors (Lipinski definition) is 3. The van der Waals surface area contributed by atoms with Crippen molar-refractivity contribution in [2.24, 2.45) is 4.99 Å². The Bertz CT molecular complexity index is 192. The highest BCUT2D eigenvalue weighted by atomic mass is 16.5. The fourth-order valence-electron chi connectivity index (χ4n) is 0.367. The second-order valence-electron chi connectivity index (χ2n) is 1.67. The zero-order valence-electron chi connectivity index (χ0n) is 6.65. The molecule has 0 aliphatic carbocycles. The fraction of sp³-hybridized carbons (Fsp3) is 0.250. The molecule has 0 spiro atoms. The molecule has 0 aliphatic rings. The van der Waals surface area contributed by atoms with Crippen LogP contribution in [-0.4, -0.2) is 19.3 Å². The van der Waals surface area contributed by atoms with Crippen LogP contribution in [0.25, 0.3) is 0 Å². The van der Waals surface area contributed by atoms with E-state index >= 15 is 0 Å². The zero-order valence-corrected chi connectivity index (χ0v) is 6.65. The van der Waals surface area contributed by atoms with E-state index in [0.717, 1.165) is 6.21 Å². The van der Waals surface area contributed by atoms with Gasteiger partial charge in [0.15, 0.2) is 0 Å². The van der Waals surface area contributed by atoms with Crippen LogP contribution < -0.4 is 0 Å². The van der Waals surface area contributed by atoms with Gasteiger partial charge in [0.25, 0.3) is 0 Å². The van der Waals surface area contributed by atoms with Gasteiger partial charge in [0.2, 0.25) is 0 Å². The summed E-state index contributed by atoms with van der Waals surface area (Å²) in [6.07, 6.45) is 8.02. The summed E-state index contributed by atoms with van der Waals surface area (Å²) in [6, 6.07) is 0. The topological polar surface area (TPSA) is 38.7 Å². The van der Waals surface area contributed by atoms with Gasteiger partial charge in [-0.15, -0.1) is 0 Å². The first kappa shape index (κ1) is 9.62. The third-order valence-corrected chi connectivity index (χ3v) is 0.857. The number of rotatable bonds is 3. The van der Waals surface area contributed by atoms with E-state index in [1.165, 1.54) is 13.3 Å². The molecule has 0 radical (unpaired) electrons. The fourth-order valence-corrected chi connectivity index (χ4v) is 0.367. The molecule has 0 atom stereocenters. The monoisotopic (exact) mass is 153 g/mol. The van der Waals surface area contributed by atoms with Crippen molar-refractivity contribution in [3.05, 3.63) is 24.4 Å². The van der Waals surface area contributed by atoms with Gasteiger partial charge >= 0.3 is 5.97 Å².